The molecule has 1 atom stereocenters. The zero-order chi connectivity index (χ0) is 17.4. The minimum atomic E-state index is -0.899. The van der Waals surface area contributed by atoms with Crippen molar-refractivity contribution in [2.45, 2.75) is 13.0 Å². The van der Waals surface area contributed by atoms with E-state index in [0.717, 1.165) is 37.2 Å². The Balaban J connectivity index is 2.05. The van der Waals surface area contributed by atoms with E-state index in [9.17, 15) is 14.7 Å². The van der Waals surface area contributed by atoms with Crippen molar-refractivity contribution in [3.05, 3.63) is 42.8 Å². The Bertz CT molecular complexity index is 942. The number of benzene rings is 1. The molecule has 6 nitrogen and oxygen atoms in total. The number of esters is 1. The Hall–Kier alpha value is -2.19. The van der Waals surface area contributed by atoms with E-state index in [2.05, 4.69) is 25.7 Å². The molecule has 24 heavy (non-hydrogen) atoms. The Kier molecular flexibility index (Phi) is 4.42. The highest BCUT2D eigenvalue weighted by Crippen LogP contribution is 2.36. The fourth-order valence-corrected chi connectivity index (χ4v) is 3.69. The summed E-state index contributed by atoms with van der Waals surface area (Å²) < 4.78 is 6.57. The number of methoxy groups -OCH3 is 1. The summed E-state index contributed by atoms with van der Waals surface area (Å²) in [6, 6.07) is 4.79. The van der Waals surface area contributed by atoms with Crippen LogP contribution in [0.5, 0.6) is 5.88 Å². The van der Waals surface area contributed by atoms with Crippen LogP contribution < -0.4 is 4.87 Å². The summed E-state index contributed by atoms with van der Waals surface area (Å²) in [6.07, 6.45) is 3.36. The van der Waals surface area contributed by atoms with E-state index in [0.29, 0.717) is 4.88 Å². The van der Waals surface area contributed by atoms with Crippen LogP contribution in [-0.2, 0) is 9.53 Å². The number of aromatic hydroxyl groups is 1. The maximum Gasteiger partial charge on any atom is 0.328 e. The molecule has 124 valence electrons. The second-order valence-corrected chi connectivity index (χ2v) is 7.05. The Labute approximate surface area is 149 Å². The zero-order valence-electron chi connectivity index (χ0n) is 12.8. The minimum Gasteiger partial charge on any atom is -0.493 e. The zero-order valence-corrected chi connectivity index (χ0v) is 15.2. The van der Waals surface area contributed by atoms with E-state index in [1.54, 1.807) is 12.3 Å². The lowest BCUT2D eigenvalue weighted by Crippen LogP contribution is -2.24. The van der Waals surface area contributed by atoms with Gasteiger partial charge < -0.3 is 9.84 Å². The van der Waals surface area contributed by atoms with Crippen molar-refractivity contribution in [2.75, 3.05) is 7.11 Å². The number of hydrogen-bond donors (Lipinski definition) is 1. The number of aromatic nitrogens is 1. The van der Waals surface area contributed by atoms with Gasteiger partial charge in [0.1, 0.15) is 6.04 Å². The molecule has 3 rings (SSSR count). The van der Waals surface area contributed by atoms with E-state index < -0.39 is 16.9 Å². The van der Waals surface area contributed by atoms with Gasteiger partial charge in [-0.25, -0.2) is 4.79 Å². The summed E-state index contributed by atoms with van der Waals surface area (Å²) in [5.41, 5.74) is 2.50. The molecular weight excluding hydrogens is 396 g/mol. The van der Waals surface area contributed by atoms with Gasteiger partial charge in [-0.3, -0.25) is 14.4 Å². The third-order valence-electron chi connectivity index (χ3n) is 3.67. The van der Waals surface area contributed by atoms with Crippen molar-refractivity contribution in [2.24, 2.45) is 4.99 Å². The van der Waals surface area contributed by atoms with Crippen molar-refractivity contribution >= 4 is 56.8 Å². The first-order valence-corrected chi connectivity index (χ1v) is 8.61. The topological polar surface area (TPSA) is 80.9 Å². The van der Waals surface area contributed by atoms with E-state index in [4.69, 9.17) is 0 Å². The van der Waals surface area contributed by atoms with Crippen molar-refractivity contribution in [3.8, 4) is 5.88 Å². The van der Waals surface area contributed by atoms with Crippen molar-refractivity contribution < 1.29 is 14.6 Å². The highest BCUT2D eigenvalue weighted by atomic mass is 79.9. The lowest BCUT2D eigenvalue weighted by molar-refractivity contribution is -0.144. The number of aliphatic imine (C=N–C) groups is 1. The summed E-state index contributed by atoms with van der Waals surface area (Å²) in [7, 11) is 1.24. The predicted octanol–water partition coefficient (Wildman–Crippen LogP) is 3.37. The average Bonchev–Trinajstić information content (AvgIpc) is 3.07. The van der Waals surface area contributed by atoms with Gasteiger partial charge in [0.15, 0.2) is 0 Å². The van der Waals surface area contributed by atoms with Crippen LogP contribution in [0.3, 0.4) is 0 Å². The van der Waals surface area contributed by atoms with Crippen LogP contribution in [-0.4, -0.2) is 29.0 Å². The van der Waals surface area contributed by atoms with Crippen LogP contribution in [0.15, 0.2) is 32.5 Å². The van der Waals surface area contributed by atoms with Gasteiger partial charge >= 0.3 is 10.8 Å². The van der Waals surface area contributed by atoms with Gasteiger partial charge in [-0.15, -0.1) is 0 Å². The van der Waals surface area contributed by atoms with E-state index >= 15 is 0 Å². The number of rotatable bonds is 3. The normalized spacial score (nSPS) is 15.5. The largest absolute Gasteiger partial charge is 0.493 e. The number of halogens is 1. The van der Waals surface area contributed by atoms with Gasteiger partial charge in [-0.2, -0.15) is 0 Å². The lowest BCUT2D eigenvalue weighted by Gasteiger charge is -2.10. The van der Waals surface area contributed by atoms with E-state index in [1.165, 1.54) is 14.0 Å². The summed E-state index contributed by atoms with van der Waals surface area (Å²) in [5.74, 6) is -0.853. The number of carbonyl (C=O) groups excluding carboxylic acids is 1. The monoisotopic (exact) mass is 408 g/mol. The Morgan fingerprint density at radius 2 is 2.25 bits per heavy atom. The molecule has 0 saturated heterocycles. The van der Waals surface area contributed by atoms with Crippen molar-refractivity contribution in [3.63, 3.8) is 0 Å². The average molecular weight is 409 g/mol. The first-order valence-electron chi connectivity index (χ1n) is 7.00. The first-order chi connectivity index (χ1) is 11.4. The van der Waals surface area contributed by atoms with Gasteiger partial charge in [0.2, 0.25) is 5.88 Å². The fourth-order valence-electron chi connectivity index (χ4n) is 2.42. The molecule has 0 radical (unpaired) electrons. The van der Waals surface area contributed by atoms with Crippen LogP contribution in [0, 0.1) is 0 Å². The molecule has 0 spiro atoms. The number of nitrogens with zero attached hydrogens (tertiary/aromatic N) is 2. The highest BCUT2D eigenvalue weighted by molar-refractivity contribution is 9.10. The van der Waals surface area contributed by atoms with Crippen molar-refractivity contribution in [1.29, 1.82) is 0 Å². The van der Waals surface area contributed by atoms with Crippen molar-refractivity contribution in [1.82, 2.24) is 4.57 Å². The molecule has 8 heteroatoms. The summed E-state index contributed by atoms with van der Waals surface area (Å²) in [4.78, 5) is 28.0. The summed E-state index contributed by atoms with van der Waals surface area (Å²) >= 11 is 4.28. The third-order valence-corrected chi connectivity index (χ3v) is 5.06. The molecule has 2 heterocycles. The number of thiazole rings is 1. The van der Waals surface area contributed by atoms with E-state index in [-0.39, 0.29) is 5.88 Å². The molecule has 0 aliphatic carbocycles. The van der Waals surface area contributed by atoms with Gasteiger partial charge in [0.05, 0.1) is 17.7 Å². The maximum atomic E-state index is 12.1. The Morgan fingerprint density at radius 1 is 1.50 bits per heavy atom. The molecule has 1 aliphatic rings. The summed E-state index contributed by atoms with van der Waals surface area (Å²) in [5, 5.41) is 10.4. The molecule has 0 saturated carbocycles. The summed E-state index contributed by atoms with van der Waals surface area (Å²) in [6.45, 7) is 1.50. The molecule has 0 fully saturated rings. The maximum absolute atomic E-state index is 12.1. The van der Waals surface area contributed by atoms with Gasteiger partial charge in [0, 0.05) is 21.8 Å². The standard InChI is InChI=1S/C16H13BrN2O4S/c1-8(15(21)23-2)19-14(20)13(24-16(19)22)5-9-7-18-12-4-3-10(17)6-11(9)12/h3-8,20H,1-2H3. The van der Waals surface area contributed by atoms with Crippen LogP contribution in [0.4, 0.5) is 5.69 Å². The smallest absolute Gasteiger partial charge is 0.328 e. The molecule has 1 aromatic carbocycles. The Morgan fingerprint density at radius 3 is 2.96 bits per heavy atom. The third kappa shape index (κ3) is 2.83. The molecule has 1 aromatic heterocycles. The fraction of sp³-hybridized carbons (Fsp3) is 0.188. The van der Waals surface area contributed by atoms with Crippen LogP contribution >= 0.6 is 27.3 Å². The second-order valence-electron chi connectivity index (χ2n) is 5.14. The molecular formula is C16H13BrN2O4S. The number of allylic oxidation sites excluding steroid dienone is 1. The molecule has 1 N–H and O–H groups in total. The number of carbonyl (C=O) groups is 1. The first kappa shape index (κ1) is 16.7. The predicted molar refractivity (Wildman–Crippen MR) is 97.1 cm³/mol. The number of ether oxygens (including phenoxy) is 1. The van der Waals surface area contributed by atoms with Gasteiger partial charge in [0.25, 0.3) is 0 Å². The molecule has 2 aromatic rings. The molecule has 0 bridgehead atoms. The number of hydrogen-bond acceptors (Lipinski definition) is 6. The van der Waals surface area contributed by atoms with Crippen LogP contribution in [0.2, 0.25) is 0 Å². The SMILES string of the molecule is COC(=O)C(C)n1c(O)c(C=C2C=Nc3ccc(Br)cc32)sc1=O. The second kappa shape index (κ2) is 6.37. The van der Waals surface area contributed by atoms with Gasteiger partial charge in [-0.1, -0.05) is 27.3 Å². The molecule has 1 aliphatic heterocycles. The molecule has 0 amide bonds. The van der Waals surface area contributed by atoms with Crippen LogP contribution in [0.25, 0.3) is 11.6 Å². The molecule has 1 unspecified atom stereocenters. The van der Waals surface area contributed by atoms with E-state index in [1.807, 2.05) is 18.2 Å². The lowest BCUT2D eigenvalue weighted by atomic mass is 10.1. The minimum absolute atomic E-state index is 0.257. The number of fused-ring (bicyclic) bond motifs is 1. The quantitative estimate of drug-likeness (QED) is 0.789. The van der Waals surface area contributed by atoms with Crippen LogP contribution in [0.1, 0.15) is 23.4 Å². The van der Waals surface area contributed by atoms with Gasteiger partial charge in [-0.05, 0) is 31.2 Å². The highest BCUT2D eigenvalue weighted by Gasteiger charge is 2.24.